The smallest absolute Gasteiger partial charge is 0.462 e. The highest BCUT2D eigenvalue weighted by Gasteiger charge is 2.88. The predicted molar refractivity (Wildman–Crippen MR) is 96.7 cm³/mol. The van der Waals surface area contributed by atoms with E-state index < -0.39 is 107 Å². The average Bonchev–Trinajstić information content (AvgIpc) is 2.91. The number of carboxylic acid groups (broad SMARTS) is 1. The van der Waals surface area contributed by atoms with Crippen LogP contribution in [-0.2, 0) is 19.0 Å². The maximum Gasteiger partial charge on any atom is 0.462 e. The van der Waals surface area contributed by atoms with Crippen molar-refractivity contribution in [2.45, 2.75) is 66.5 Å². The van der Waals surface area contributed by atoms with Crippen LogP contribution in [0, 0.1) is 17.7 Å². The van der Waals surface area contributed by atoms with Crippen LogP contribution in [0.1, 0.15) is 10.6 Å². The van der Waals surface area contributed by atoms with Gasteiger partial charge < -0.3 is 5.11 Å². The predicted octanol–water partition coefficient (Wildman–Crippen LogP) is 7.89. The van der Waals surface area contributed by atoms with Gasteiger partial charge in [-0.2, -0.15) is 124 Å². The molecular formula is C17HF28N3O6. The Bertz CT molecular complexity index is 1500. The zero-order valence-corrected chi connectivity index (χ0v) is 22.9. The van der Waals surface area contributed by atoms with Crippen LogP contribution in [0.2, 0.25) is 0 Å². The lowest BCUT2D eigenvalue weighted by atomic mass is 10.2. The Morgan fingerprint density at radius 2 is 0.815 bits per heavy atom. The number of nitrogens with zero attached hydrogens (tertiary/aromatic N) is 3. The van der Waals surface area contributed by atoms with Crippen LogP contribution in [0.4, 0.5) is 123 Å². The number of carbonyl (C=O) groups excluding carboxylic acids is 1. The number of halogens is 28. The first kappa shape index (κ1) is 49.9. The quantitative estimate of drug-likeness (QED) is 0.136. The minimum atomic E-state index is -8.77. The number of amides is 1. The normalized spacial score (nSPS) is 17.4. The number of rotatable bonds is 11. The first-order valence-corrected chi connectivity index (χ1v) is 11.0. The average molecular weight is 875 g/mol. The van der Waals surface area contributed by atoms with Crippen LogP contribution in [0.15, 0.2) is 0 Å². The molecule has 316 valence electrons. The van der Waals surface area contributed by atoms with Crippen LogP contribution in [0.3, 0.4) is 0 Å². The molecule has 0 aromatic carbocycles. The van der Waals surface area contributed by atoms with E-state index in [1.165, 1.54) is 4.74 Å². The first-order chi connectivity index (χ1) is 23.2. The molecular weight excluding hydrogens is 874 g/mol. The maximum absolute atomic E-state index is 14.0. The van der Waals surface area contributed by atoms with Gasteiger partial charge in [0.1, 0.15) is 0 Å². The Labute approximate surface area is 270 Å². The summed E-state index contributed by atoms with van der Waals surface area (Å²) in [7, 11) is 0. The third kappa shape index (κ3) is 9.24. The second-order valence-corrected chi connectivity index (χ2v) is 8.49. The number of alkyl halides is 23. The van der Waals surface area contributed by atoms with Gasteiger partial charge >= 0.3 is 78.4 Å². The van der Waals surface area contributed by atoms with Gasteiger partial charge in [-0.15, -0.1) is 0 Å². The van der Waals surface area contributed by atoms with Gasteiger partial charge in [0, 0.05) is 5.34 Å². The lowest BCUT2D eigenvalue weighted by molar-refractivity contribution is -0.578. The lowest BCUT2D eigenvalue weighted by Gasteiger charge is -2.42. The summed E-state index contributed by atoms with van der Waals surface area (Å²) in [5.74, 6) is -47.1. The van der Waals surface area contributed by atoms with Crippen molar-refractivity contribution in [2.75, 3.05) is 0 Å². The van der Waals surface area contributed by atoms with Crippen molar-refractivity contribution in [2.24, 2.45) is 0 Å². The summed E-state index contributed by atoms with van der Waals surface area (Å²) < 4.78 is 360. The van der Waals surface area contributed by atoms with Crippen molar-refractivity contribution in [1.82, 2.24) is 15.3 Å². The van der Waals surface area contributed by atoms with Gasteiger partial charge in [-0.3, -0.25) is 19.0 Å². The topological polar surface area (TPSA) is 111 Å². The van der Waals surface area contributed by atoms with Gasteiger partial charge in [-0.1, -0.05) is 8.96 Å². The molecule has 0 fully saturated rings. The van der Waals surface area contributed by atoms with Crippen LogP contribution in [-0.4, -0.2) is 98.8 Å². The molecule has 37 heteroatoms. The number of hydrogen-bond donors (Lipinski definition) is 1. The van der Waals surface area contributed by atoms with Gasteiger partial charge in [0.05, 0.1) is 0 Å². The molecule has 54 heavy (non-hydrogen) atoms. The summed E-state index contributed by atoms with van der Waals surface area (Å²) in [6.07, 6.45) is -57.8. The van der Waals surface area contributed by atoms with E-state index in [4.69, 9.17) is 5.11 Å². The fourth-order valence-corrected chi connectivity index (χ4v) is 2.24. The van der Waals surface area contributed by atoms with Gasteiger partial charge in [0.15, 0.2) is 0 Å². The second kappa shape index (κ2) is 14.5. The van der Waals surface area contributed by atoms with E-state index in [0.717, 1.165) is 9.47 Å². The number of carboxylic acids is 1. The number of aromatic nitrogens is 2. The van der Waals surface area contributed by atoms with Crippen LogP contribution in [0.5, 0.6) is 0 Å². The zero-order chi connectivity index (χ0) is 44.1. The third-order valence-electron chi connectivity index (χ3n) is 4.76. The largest absolute Gasteiger partial charge is 0.477 e. The molecule has 9 nitrogen and oxygen atoms in total. The molecule has 0 saturated heterocycles. The number of carbonyl (C=O) groups is 2. The summed E-state index contributed by atoms with van der Waals surface area (Å²) in [4.78, 5) is 25.3. The summed E-state index contributed by atoms with van der Waals surface area (Å²) in [6, 6.07) is 0. The number of ether oxygens (including phenoxy) is 3. The fourth-order valence-electron chi connectivity index (χ4n) is 2.24. The molecule has 1 N–H and O–H groups in total. The number of hydrogen-bond acceptors (Lipinski definition) is 7. The van der Waals surface area contributed by atoms with Gasteiger partial charge in [0.2, 0.25) is 11.6 Å². The summed E-state index contributed by atoms with van der Waals surface area (Å²) in [5, 5.41) is 5.94. The minimum Gasteiger partial charge on any atom is -0.477 e. The highest BCUT2D eigenvalue weighted by Crippen LogP contribution is 2.59. The summed E-state index contributed by atoms with van der Waals surface area (Å²) >= 11 is 0. The SMILES string of the molecule is O=C(O)C(F)(OC(F)(F)C(F)(OC(F)(F)C(F)(OC(F)(F)C(F)(F)C(F)(F)F)C(F)(F)F)C(F)(F)F)C(F)(F)F.O=C(c1nc(F)c(F)c(F)n1)N(F)F. The van der Waals surface area contributed by atoms with Crippen LogP contribution < -0.4 is 0 Å². The molecule has 1 amide bonds. The van der Waals surface area contributed by atoms with Crippen LogP contribution >= 0.6 is 0 Å². The Balaban J connectivity index is 0.00000166. The van der Waals surface area contributed by atoms with E-state index in [9.17, 15) is 133 Å². The minimum absolute atomic E-state index is 0.973. The summed E-state index contributed by atoms with van der Waals surface area (Å²) in [5.41, 5.74) is 0. The monoisotopic (exact) mass is 875 g/mol. The lowest BCUT2D eigenvalue weighted by Crippen LogP contribution is -2.70. The van der Waals surface area contributed by atoms with Crippen molar-refractivity contribution in [3.63, 3.8) is 0 Å². The molecule has 1 aromatic rings. The van der Waals surface area contributed by atoms with E-state index in [1.807, 2.05) is 0 Å². The molecule has 1 aromatic heterocycles. The standard InChI is InChI=1S/C12HF23O5.C5F5N3O/c13-2(1(36)37,6(18,19)20)38-11(32,33)4(16,8(24,25)26)40-12(34,35)5(17,9(27,28)29)39-10(30,31)3(14,15)7(21,22)23;6-1-2(7)11-4(12-3(1)8)5(14)13(9)10/h(H,36,37);. The third-order valence-corrected chi connectivity index (χ3v) is 4.76. The maximum atomic E-state index is 14.0. The molecule has 0 radical (unpaired) electrons. The van der Waals surface area contributed by atoms with Crippen molar-refractivity contribution in [3.05, 3.63) is 23.5 Å². The summed E-state index contributed by atoms with van der Waals surface area (Å²) in [6.45, 7) is 0. The van der Waals surface area contributed by atoms with Crippen molar-refractivity contribution in [1.29, 1.82) is 0 Å². The molecule has 0 saturated carbocycles. The Morgan fingerprint density at radius 1 is 0.500 bits per heavy atom. The molecule has 3 atom stereocenters. The molecule has 0 bridgehead atoms. The van der Waals surface area contributed by atoms with Crippen molar-refractivity contribution < 1.29 is 152 Å². The Kier molecular flexibility index (Phi) is 13.5. The van der Waals surface area contributed by atoms with E-state index in [2.05, 4.69) is 9.97 Å². The molecule has 3 unspecified atom stereocenters. The molecule has 1 rings (SSSR count). The van der Waals surface area contributed by atoms with Crippen molar-refractivity contribution in [3.8, 4) is 0 Å². The molecule has 0 aliphatic carbocycles. The van der Waals surface area contributed by atoms with E-state index >= 15 is 0 Å². The first-order valence-electron chi connectivity index (χ1n) is 11.0. The molecule has 0 aliphatic rings. The van der Waals surface area contributed by atoms with Gasteiger partial charge in [-0.25, -0.2) is 4.79 Å². The highest BCUT2D eigenvalue weighted by atomic mass is 19.4. The van der Waals surface area contributed by atoms with Crippen LogP contribution in [0.25, 0.3) is 0 Å². The molecule has 0 aliphatic heterocycles. The Hall–Kier alpha value is -4.06. The second-order valence-electron chi connectivity index (χ2n) is 8.49. The van der Waals surface area contributed by atoms with E-state index in [1.54, 1.807) is 0 Å². The Morgan fingerprint density at radius 3 is 1.07 bits per heavy atom. The molecule has 1 heterocycles. The van der Waals surface area contributed by atoms with Gasteiger partial charge in [0.25, 0.3) is 11.9 Å². The van der Waals surface area contributed by atoms with E-state index in [-0.39, 0.29) is 0 Å². The zero-order valence-electron chi connectivity index (χ0n) is 22.9. The highest BCUT2D eigenvalue weighted by molar-refractivity contribution is 5.88. The number of aliphatic carboxylic acids is 1. The fraction of sp³-hybridized carbons (Fsp3) is 0.647. The van der Waals surface area contributed by atoms with E-state index in [0.29, 0.717) is 0 Å². The van der Waals surface area contributed by atoms with Gasteiger partial charge in [-0.05, 0) is 0 Å². The van der Waals surface area contributed by atoms with Crippen molar-refractivity contribution >= 4 is 11.9 Å². The molecule has 0 spiro atoms.